The summed E-state index contributed by atoms with van der Waals surface area (Å²) < 4.78 is 74.9. The lowest BCUT2D eigenvalue weighted by atomic mass is 10.1. The molecule has 1 aromatic heterocycles. The Bertz CT molecular complexity index is 455. The van der Waals surface area contributed by atoms with E-state index >= 15 is 0 Å². The van der Waals surface area contributed by atoms with Gasteiger partial charge in [-0.25, -0.2) is 4.98 Å². The monoisotopic (exact) mass is 320 g/mol. The second-order valence-corrected chi connectivity index (χ2v) is 6.44. The molecule has 0 aliphatic rings. The molecule has 0 saturated carbocycles. The summed E-state index contributed by atoms with van der Waals surface area (Å²) in [5.74, 6) is 0. The molecule has 0 spiro atoms. The van der Waals surface area contributed by atoms with Crippen molar-refractivity contribution in [1.82, 2.24) is 10.3 Å². The number of halogens is 6. The molecular weight excluding hydrogens is 306 g/mol. The minimum absolute atomic E-state index is 0.173. The highest BCUT2D eigenvalue weighted by atomic mass is 32.1. The Kier molecular flexibility index (Phi) is 4.75. The molecule has 0 aliphatic heterocycles. The van der Waals surface area contributed by atoms with Crippen LogP contribution in [0.1, 0.15) is 36.3 Å². The molecule has 20 heavy (non-hydrogen) atoms. The van der Waals surface area contributed by atoms with Gasteiger partial charge in [0.15, 0.2) is 5.69 Å². The van der Waals surface area contributed by atoms with E-state index in [0.717, 1.165) is 0 Å². The van der Waals surface area contributed by atoms with Crippen molar-refractivity contribution in [2.75, 3.05) is 0 Å². The Balaban J connectivity index is 3.02. The first-order chi connectivity index (χ1) is 8.78. The van der Waals surface area contributed by atoms with Crippen LogP contribution in [0.2, 0.25) is 0 Å². The van der Waals surface area contributed by atoms with Crippen molar-refractivity contribution < 1.29 is 26.3 Å². The number of alkyl halides is 6. The van der Waals surface area contributed by atoms with Gasteiger partial charge in [0.05, 0.1) is 11.3 Å². The standard InChI is InChI=1S/C11H14F6N2S/c1-9(2,3)18-5-6-8(11(15,16)17)19-7(20-6)4-10(12,13)14/h18H,4-5H2,1-3H3. The van der Waals surface area contributed by atoms with Crippen LogP contribution in [-0.2, 0) is 19.1 Å². The first-order valence-electron chi connectivity index (χ1n) is 5.65. The minimum atomic E-state index is -4.75. The second-order valence-electron chi connectivity index (χ2n) is 5.27. The third-order valence-corrected chi connectivity index (χ3v) is 3.20. The molecule has 1 rings (SSSR count). The summed E-state index contributed by atoms with van der Waals surface area (Å²) in [5.41, 5.74) is -1.68. The van der Waals surface area contributed by atoms with Crippen LogP contribution in [0.3, 0.4) is 0 Å². The Morgan fingerprint density at radius 2 is 1.60 bits per heavy atom. The molecule has 116 valence electrons. The van der Waals surface area contributed by atoms with E-state index in [9.17, 15) is 26.3 Å². The molecule has 1 N–H and O–H groups in total. The van der Waals surface area contributed by atoms with Crippen molar-refractivity contribution in [1.29, 1.82) is 0 Å². The summed E-state index contributed by atoms with van der Waals surface area (Å²) in [6, 6.07) is 0. The minimum Gasteiger partial charge on any atom is -0.307 e. The highest BCUT2D eigenvalue weighted by molar-refractivity contribution is 7.11. The number of aromatic nitrogens is 1. The number of thiazole rings is 1. The van der Waals surface area contributed by atoms with Gasteiger partial charge in [-0.3, -0.25) is 0 Å². The smallest absolute Gasteiger partial charge is 0.307 e. The summed E-state index contributed by atoms with van der Waals surface area (Å²) in [6.45, 7) is 5.07. The van der Waals surface area contributed by atoms with Gasteiger partial charge in [-0.1, -0.05) is 0 Å². The van der Waals surface area contributed by atoms with Crippen molar-refractivity contribution >= 4 is 11.3 Å². The van der Waals surface area contributed by atoms with Crippen molar-refractivity contribution in [2.45, 2.75) is 51.6 Å². The zero-order chi connectivity index (χ0) is 15.8. The van der Waals surface area contributed by atoms with Crippen LogP contribution in [0, 0.1) is 0 Å². The summed E-state index contributed by atoms with van der Waals surface area (Å²) in [7, 11) is 0. The first kappa shape index (κ1) is 17.2. The van der Waals surface area contributed by atoms with Gasteiger partial charge in [-0.15, -0.1) is 11.3 Å². The van der Waals surface area contributed by atoms with E-state index in [0.29, 0.717) is 11.3 Å². The lowest BCUT2D eigenvalue weighted by Crippen LogP contribution is -2.35. The van der Waals surface area contributed by atoms with Gasteiger partial charge in [0.1, 0.15) is 5.01 Å². The van der Waals surface area contributed by atoms with Crippen molar-refractivity contribution in [3.8, 4) is 0 Å². The summed E-state index contributed by atoms with van der Waals surface area (Å²) in [5, 5.41) is 2.24. The predicted molar refractivity (Wildman–Crippen MR) is 63.5 cm³/mol. The van der Waals surface area contributed by atoms with E-state index in [4.69, 9.17) is 0 Å². The summed E-state index contributed by atoms with van der Waals surface area (Å²) >= 11 is 0.440. The molecule has 9 heteroatoms. The van der Waals surface area contributed by atoms with Crippen molar-refractivity contribution in [3.05, 3.63) is 15.6 Å². The molecule has 0 saturated heterocycles. The zero-order valence-electron chi connectivity index (χ0n) is 11.0. The fourth-order valence-electron chi connectivity index (χ4n) is 1.33. The van der Waals surface area contributed by atoms with Crippen LogP contribution >= 0.6 is 11.3 Å². The van der Waals surface area contributed by atoms with E-state index in [1.165, 1.54) is 0 Å². The third-order valence-electron chi connectivity index (χ3n) is 2.14. The molecule has 0 bridgehead atoms. The number of rotatable bonds is 3. The molecule has 1 heterocycles. The molecule has 0 atom stereocenters. The van der Waals surface area contributed by atoms with Crippen LogP contribution in [0.4, 0.5) is 26.3 Å². The van der Waals surface area contributed by atoms with Gasteiger partial charge in [0.2, 0.25) is 0 Å². The molecule has 0 amide bonds. The summed E-state index contributed by atoms with van der Waals surface area (Å²) in [4.78, 5) is 2.87. The average Bonchev–Trinajstić information content (AvgIpc) is 2.53. The van der Waals surface area contributed by atoms with Gasteiger partial charge in [0.25, 0.3) is 0 Å². The van der Waals surface area contributed by atoms with Crippen LogP contribution in [0.15, 0.2) is 0 Å². The summed E-state index contributed by atoms with van der Waals surface area (Å²) in [6.07, 6.45) is -10.8. The van der Waals surface area contributed by atoms with E-state index < -0.39 is 35.0 Å². The zero-order valence-corrected chi connectivity index (χ0v) is 11.9. The maximum absolute atomic E-state index is 12.7. The maximum Gasteiger partial charge on any atom is 0.434 e. The molecular formula is C11H14F6N2S. The van der Waals surface area contributed by atoms with E-state index in [-0.39, 0.29) is 11.4 Å². The molecule has 0 aromatic carbocycles. The van der Waals surface area contributed by atoms with E-state index in [1.54, 1.807) is 20.8 Å². The number of nitrogens with zero attached hydrogens (tertiary/aromatic N) is 1. The highest BCUT2D eigenvalue weighted by Crippen LogP contribution is 2.36. The fraction of sp³-hybridized carbons (Fsp3) is 0.727. The van der Waals surface area contributed by atoms with Gasteiger partial charge in [-0.05, 0) is 20.8 Å². The predicted octanol–water partition coefficient (Wildman–Crippen LogP) is 4.15. The van der Waals surface area contributed by atoms with E-state index in [1.807, 2.05) is 0 Å². The average molecular weight is 320 g/mol. The Labute approximate surface area is 116 Å². The normalized spacial score (nSPS) is 13.8. The van der Waals surface area contributed by atoms with E-state index in [2.05, 4.69) is 10.3 Å². The molecule has 0 aliphatic carbocycles. The Morgan fingerprint density at radius 1 is 1.05 bits per heavy atom. The topological polar surface area (TPSA) is 24.9 Å². The molecule has 0 unspecified atom stereocenters. The quantitative estimate of drug-likeness (QED) is 0.846. The third kappa shape index (κ3) is 5.66. The molecule has 0 fully saturated rings. The van der Waals surface area contributed by atoms with Gasteiger partial charge >= 0.3 is 12.4 Å². The lowest BCUT2D eigenvalue weighted by molar-refractivity contribution is -0.142. The van der Waals surface area contributed by atoms with Crippen LogP contribution < -0.4 is 5.32 Å². The van der Waals surface area contributed by atoms with Gasteiger partial charge < -0.3 is 5.32 Å². The van der Waals surface area contributed by atoms with Gasteiger partial charge in [0, 0.05) is 12.1 Å². The maximum atomic E-state index is 12.7. The lowest BCUT2D eigenvalue weighted by Gasteiger charge is -2.20. The first-order valence-corrected chi connectivity index (χ1v) is 6.47. The van der Waals surface area contributed by atoms with Crippen LogP contribution in [-0.4, -0.2) is 16.7 Å². The SMILES string of the molecule is CC(C)(C)NCc1sc(CC(F)(F)F)nc1C(F)(F)F. The number of nitrogens with one attached hydrogen (secondary N) is 1. The van der Waals surface area contributed by atoms with Gasteiger partial charge in [-0.2, -0.15) is 26.3 Å². The fourth-order valence-corrected chi connectivity index (χ4v) is 2.39. The number of hydrogen-bond acceptors (Lipinski definition) is 3. The Hall–Kier alpha value is -0.830. The molecule has 2 nitrogen and oxygen atoms in total. The number of hydrogen-bond donors (Lipinski definition) is 1. The second kappa shape index (κ2) is 5.51. The van der Waals surface area contributed by atoms with Crippen LogP contribution in [0.5, 0.6) is 0 Å². The van der Waals surface area contributed by atoms with Crippen molar-refractivity contribution in [2.24, 2.45) is 0 Å². The molecule has 1 aromatic rings. The molecule has 0 radical (unpaired) electrons. The van der Waals surface area contributed by atoms with Crippen molar-refractivity contribution in [3.63, 3.8) is 0 Å². The largest absolute Gasteiger partial charge is 0.434 e. The highest BCUT2D eigenvalue weighted by Gasteiger charge is 2.39. The Morgan fingerprint density at radius 3 is 2.00 bits per heavy atom. The van der Waals surface area contributed by atoms with Crippen LogP contribution in [0.25, 0.3) is 0 Å².